The van der Waals surface area contributed by atoms with Gasteiger partial charge >= 0.3 is 0 Å². The molecule has 56 valence electrons. The number of hydrogen-bond donors (Lipinski definition) is 1. The van der Waals surface area contributed by atoms with Crippen LogP contribution < -0.4 is 0 Å². The SMILES string of the molecule is C[C@@H](CO)Cc1ccoc1. The van der Waals surface area contributed by atoms with Gasteiger partial charge in [-0.25, -0.2) is 0 Å². The first kappa shape index (κ1) is 7.35. The summed E-state index contributed by atoms with van der Waals surface area (Å²) >= 11 is 0. The summed E-state index contributed by atoms with van der Waals surface area (Å²) < 4.78 is 4.88. The summed E-state index contributed by atoms with van der Waals surface area (Å²) in [6, 6.07) is 1.92. The minimum atomic E-state index is 0.241. The van der Waals surface area contributed by atoms with Crippen molar-refractivity contribution in [1.29, 1.82) is 0 Å². The molecule has 1 aromatic heterocycles. The van der Waals surface area contributed by atoms with E-state index in [0.29, 0.717) is 5.92 Å². The maximum atomic E-state index is 8.70. The normalized spacial score (nSPS) is 13.4. The number of hydrogen-bond acceptors (Lipinski definition) is 2. The molecule has 0 aromatic carbocycles. The van der Waals surface area contributed by atoms with Crippen LogP contribution in [0.25, 0.3) is 0 Å². The Hall–Kier alpha value is -0.760. The van der Waals surface area contributed by atoms with E-state index in [4.69, 9.17) is 9.52 Å². The van der Waals surface area contributed by atoms with E-state index in [2.05, 4.69) is 0 Å². The second kappa shape index (κ2) is 3.42. The van der Waals surface area contributed by atoms with Crippen LogP contribution in [0.4, 0.5) is 0 Å². The fraction of sp³-hybridized carbons (Fsp3) is 0.500. The summed E-state index contributed by atoms with van der Waals surface area (Å²) in [7, 11) is 0. The smallest absolute Gasteiger partial charge is 0.0934 e. The molecule has 2 heteroatoms. The van der Waals surface area contributed by atoms with Gasteiger partial charge in [-0.05, 0) is 24.0 Å². The molecule has 0 saturated carbocycles. The molecule has 1 aromatic rings. The molecule has 0 aliphatic heterocycles. The van der Waals surface area contributed by atoms with Crippen molar-refractivity contribution in [3.05, 3.63) is 24.2 Å². The van der Waals surface area contributed by atoms with Crippen molar-refractivity contribution in [2.75, 3.05) is 6.61 Å². The van der Waals surface area contributed by atoms with Gasteiger partial charge in [0.2, 0.25) is 0 Å². The van der Waals surface area contributed by atoms with Crippen molar-refractivity contribution < 1.29 is 9.52 Å². The van der Waals surface area contributed by atoms with Crippen molar-refractivity contribution in [2.24, 2.45) is 5.92 Å². The van der Waals surface area contributed by atoms with E-state index in [-0.39, 0.29) is 6.61 Å². The third kappa shape index (κ3) is 1.88. The van der Waals surface area contributed by atoms with Crippen LogP contribution in [0, 0.1) is 5.92 Å². The van der Waals surface area contributed by atoms with Gasteiger partial charge in [-0.1, -0.05) is 6.92 Å². The lowest BCUT2D eigenvalue weighted by atomic mass is 10.1. The van der Waals surface area contributed by atoms with Gasteiger partial charge in [0.25, 0.3) is 0 Å². The van der Waals surface area contributed by atoms with E-state index < -0.39 is 0 Å². The first-order valence-corrected chi connectivity index (χ1v) is 3.45. The van der Waals surface area contributed by atoms with Gasteiger partial charge in [-0.2, -0.15) is 0 Å². The Morgan fingerprint density at radius 1 is 1.70 bits per heavy atom. The number of furan rings is 1. The molecule has 0 aliphatic rings. The van der Waals surface area contributed by atoms with Crippen molar-refractivity contribution in [1.82, 2.24) is 0 Å². The Balaban J connectivity index is 2.40. The Morgan fingerprint density at radius 2 is 2.50 bits per heavy atom. The van der Waals surface area contributed by atoms with Gasteiger partial charge < -0.3 is 9.52 Å². The third-order valence-electron chi connectivity index (χ3n) is 1.48. The molecule has 1 rings (SSSR count). The zero-order valence-corrected chi connectivity index (χ0v) is 6.08. The van der Waals surface area contributed by atoms with Crippen LogP contribution in [0.5, 0.6) is 0 Å². The second-order valence-electron chi connectivity index (χ2n) is 2.62. The van der Waals surface area contributed by atoms with E-state index >= 15 is 0 Å². The molecule has 1 N–H and O–H groups in total. The van der Waals surface area contributed by atoms with Crippen LogP contribution in [-0.2, 0) is 6.42 Å². The molecule has 2 nitrogen and oxygen atoms in total. The monoisotopic (exact) mass is 140 g/mol. The fourth-order valence-electron chi connectivity index (χ4n) is 0.876. The lowest BCUT2D eigenvalue weighted by molar-refractivity contribution is 0.237. The number of aliphatic hydroxyl groups is 1. The Labute approximate surface area is 60.5 Å². The van der Waals surface area contributed by atoms with Gasteiger partial charge in [-0.15, -0.1) is 0 Å². The van der Waals surface area contributed by atoms with E-state index in [1.54, 1.807) is 12.5 Å². The summed E-state index contributed by atoms with van der Waals surface area (Å²) in [6.07, 6.45) is 4.26. The topological polar surface area (TPSA) is 33.4 Å². The lowest BCUT2D eigenvalue weighted by Crippen LogP contribution is -2.03. The van der Waals surface area contributed by atoms with Crippen LogP contribution in [0.1, 0.15) is 12.5 Å². The molecular weight excluding hydrogens is 128 g/mol. The predicted octanol–water partition coefficient (Wildman–Crippen LogP) is 1.45. The van der Waals surface area contributed by atoms with E-state index in [1.807, 2.05) is 13.0 Å². The molecule has 0 fully saturated rings. The van der Waals surface area contributed by atoms with Gasteiger partial charge in [0.15, 0.2) is 0 Å². The van der Waals surface area contributed by atoms with Crippen molar-refractivity contribution in [3.8, 4) is 0 Å². The molecule has 0 amide bonds. The van der Waals surface area contributed by atoms with E-state index in [9.17, 15) is 0 Å². The molecule has 0 bridgehead atoms. The Bertz CT molecular complexity index is 167. The maximum absolute atomic E-state index is 8.70. The number of aliphatic hydroxyl groups excluding tert-OH is 1. The molecule has 10 heavy (non-hydrogen) atoms. The predicted molar refractivity (Wildman–Crippen MR) is 38.7 cm³/mol. The van der Waals surface area contributed by atoms with Crippen LogP contribution >= 0.6 is 0 Å². The molecular formula is C8H12O2. The highest BCUT2D eigenvalue weighted by Crippen LogP contribution is 2.07. The highest BCUT2D eigenvalue weighted by molar-refractivity contribution is 5.05. The minimum absolute atomic E-state index is 0.241. The lowest BCUT2D eigenvalue weighted by Gasteiger charge is -2.03. The minimum Gasteiger partial charge on any atom is -0.472 e. The van der Waals surface area contributed by atoms with Crippen molar-refractivity contribution in [3.63, 3.8) is 0 Å². The highest BCUT2D eigenvalue weighted by Gasteiger charge is 2.01. The molecule has 0 spiro atoms. The van der Waals surface area contributed by atoms with E-state index in [1.165, 1.54) is 0 Å². The summed E-state index contributed by atoms with van der Waals surface area (Å²) in [5, 5.41) is 8.70. The van der Waals surface area contributed by atoms with Crippen LogP contribution in [0.15, 0.2) is 23.0 Å². The Morgan fingerprint density at radius 3 is 3.00 bits per heavy atom. The average Bonchev–Trinajstić information content (AvgIpc) is 2.40. The number of rotatable bonds is 3. The molecule has 1 atom stereocenters. The van der Waals surface area contributed by atoms with Gasteiger partial charge in [0.05, 0.1) is 12.5 Å². The fourth-order valence-corrected chi connectivity index (χ4v) is 0.876. The summed E-state index contributed by atoms with van der Waals surface area (Å²) in [4.78, 5) is 0. The standard InChI is InChI=1S/C8H12O2/c1-7(5-9)4-8-2-3-10-6-8/h2-3,6-7,9H,4-5H2,1H3/t7-/m1/s1. The first-order valence-electron chi connectivity index (χ1n) is 3.45. The van der Waals surface area contributed by atoms with Gasteiger partial charge in [-0.3, -0.25) is 0 Å². The molecule has 1 heterocycles. The van der Waals surface area contributed by atoms with E-state index in [0.717, 1.165) is 12.0 Å². The zero-order valence-electron chi connectivity index (χ0n) is 6.08. The van der Waals surface area contributed by atoms with Gasteiger partial charge in [0.1, 0.15) is 0 Å². The average molecular weight is 140 g/mol. The summed E-state index contributed by atoms with van der Waals surface area (Å²) in [5.74, 6) is 0.331. The summed E-state index contributed by atoms with van der Waals surface area (Å²) in [6.45, 7) is 2.25. The first-order chi connectivity index (χ1) is 4.83. The third-order valence-corrected chi connectivity index (χ3v) is 1.48. The van der Waals surface area contributed by atoms with Crippen molar-refractivity contribution >= 4 is 0 Å². The molecule has 0 radical (unpaired) electrons. The Kier molecular flexibility index (Phi) is 2.51. The van der Waals surface area contributed by atoms with Gasteiger partial charge in [0, 0.05) is 6.61 Å². The highest BCUT2D eigenvalue weighted by atomic mass is 16.3. The zero-order chi connectivity index (χ0) is 7.40. The summed E-state index contributed by atoms with van der Waals surface area (Å²) in [5.41, 5.74) is 1.15. The maximum Gasteiger partial charge on any atom is 0.0934 e. The molecule has 0 saturated heterocycles. The van der Waals surface area contributed by atoms with Crippen LogP contribution in [0.2, 0.25) is 0 Å². The van der Waals surface area contributed by atoms with Crippen LogP contribution in [0.3, 0.4) is 0 Å². The quantitative estimate of drug-likeness (QED) is 0.689. The molecule has 0 aliphatic carbocycles. The van der Waals surface area contributed by atoms with Crippen molar-refractivity contribution in [2.45, 2.75) is 13.3 Å². The second-order valence-corrected chi connectivity index (χ2v) is 2.62. The largest absolute Gasteiger partial charge is 0.472 e. The van der Waals surface area contributed by atoms with Crippen LogP contribution in [-0.4, -0.2) is 11.7 Å². The molecule has 0 unspecified atom stereocenters.